The van der Waals surface area contributed by atoms with Crippen molar-refractivity contribution >= 4 is 45.0 Å². The molecule has 0 aliphatic carbocycles. The molecule has 0 radical (unpaired) electrons. The molecule has 0 fully saturated rings. The van der Waals surface area contributed by atoms with Crippen LogP contribution in [0.15, 0.2) is 33.9 Å². The van der Waals surface area contributed by atoms with Crippen molar-refractivity contribution in [2.45, 2.75) is 10.9 Å². The maximum Gasteiger partial charge on any atom is 0.283 e. The lowest BCUT2D eigenvalue weighted by Gasteiger charge is -2.05. The second-order valence-electron chi connectivity index (χ2n) is 3.80. The van der Waals surface area contributed by atoms with Crippen molar-refractivity contribution in [1.29, 1.82) is 0 Å². The standard InChI is InChI=1S/C11H10BrN5O2S/c12-10-6(2-1-3-7(10)17(18)19)5-20-11-15-8(13)4-9(14)16-11/h1-4H,5H2,(H4,13,14,15,16). The number of nitrogen functional groups attached to an aromatic ring is 2. The van der Waals surface area contributed by atoms with Crippen LogP contribution in [-0.4, -0.2) is 14.9 Å². The first-order valence-corrected chi connectivity index (χ1v) is 7.20. The van der Waals surface area contributed by atoms with E-state index in [-0.39, 0.29) is 17.3 Å². The molecule has 20 heavy (non-hydrogen) atoms. The van der Waals surface area contributed by atoms with E-state index in [0.29, 0.717) is 15.4 Å². The Labute approximate surface area is 127 Å². The molecule has 0 saturated carbocycles. The predicted molar refractivity (Wildman–Crippen MR) is 81.2 cm³/mol. The molecule has 0 amide bonds. The first kappa shape index (κ1) is 14.5. The second kappa shape index (κ2) is 6.06. The molecular weight excluding hydrogens is 346 g/mol. The molecule has 2 rings (SSSR count). The highest BCUT2D eigenvalue weighted by atomic mass is 79.9. The summed E-state index contributed by atoms with van der Waals surface area (Å²) in [6.07, 6.45) is 0. The molecule has 9 heteroatoms. The van der Waals surface area contributed by atoms with Gasteiger partial charge < -0.3 is 11.5 Å². The fraction of sp³-hybridized carbons (Fsp3) is 0.0909. The molecule has 7 nitrogen and oxygen atoms in total. The van der Waals surface area contributed by atoms with Crippen LogP contribution in [0.1, 0.15) is 5.56 Å². The summed E-state index contributed by atoms with van der Waals surface area (Å²) < 4.78 is 0.453. The molecule has 0 spiro atoms. The average molecular weight is 356 g/mol. The van der Waals surface area contributed by atoms with Gasteiger partial charge in [-0.25, -0.2) is 9.97 Å². The summed E-state index contributed by atoms with van der Waals surface area (Å²) >= 11 is 4.54. The van der Waals surface area contributed by atoms with Crippen molar-refractivity contribution in [1.82, 2.24) is 9.97 Å². The van der Waals surface area contributed by atoms with Gasteiger partial charge in [-0.3, -0.25) is 10.1 Å². The lowest BCUT2D eigenvalue weighted by Crippen LogP contribution is -1.99. The van der Waals surface area contributed by atoms with Gasteiger partial charge in [-0.05, 0) is 21.5 Å². The molecule has 0 aliphatic rings. The zero-order valence-electron chi connectivity index (χ0n) is 10.1. The molecule has 1 aromatic carbocycles. The van der Waals surface area contributed by atoms with Crippen LogP contribution in [0.2, 0.25) is 0 Å². The molecule has 104 valence electrons. The average Bonchev–Trinajstić information content (AvgIpc) is 2.36. The molecule has 0 atom stereocenters. The van der Waals surface area contributed by atoms with E-state index in [1.807, 2.05) is 0 Å². The minimum Gasteiger partial charge on any atom is -0.383 e. The Hall–Kier alpha value is -1.87. The van der Waals surface area contributed by atoms with Crippen LogP contribution in [0.25, 0.3) is 0 Å². The van der Waals surface area contributed by atoms with Crippen molar-refractivity contribution in [3.05, 3.63) is 44.4 Å². The number of nitro benzene ring substituents is 1. The van der Waals surface area contributed by atoms with E-state index in [2.05, 4.69) is 25.9 Å². The van der Waals surface area contributed by atoms with Crippen LogP contribution >= 0.6 is 27.7 Å². The summed E-state index contributed by atoms with van der Waals surface area (Å²) in [5.74, 6) is 1.04. The van der Waals surface area contributed by atoms with Crippen molar-refractivity contribution in [2.24, 2.45) is 0 Å². The maximum absolute atomic E-state index is 10.8. The number of halogens is 1. The normalized spacial score (nSPS) is 10.4. The Morgan fingerprint density at radius 3 is 2.55 bits per heavy atom. The fourth-order valence-electron chi connectivity index (χ4n) is 1.49. The number of nitrogens with zero attached hydrogens (tertiary/aromatic N) is 3. The largest absolute Gasteiger partial charge is 0.383 e. The molecule has 0 unspecified atom stereocenters. The lowest BCUT2D eigenvalue weighted by atomic mass is 10.2. The number of nitro groups is 1. The first-order valence-electron chi connectivity index (χ1n) is 5.42. The van der Waals surface area contributed by atoms with Crippen molar-refractivity contribution < 1.29 is 4.92 Å². The van der Waals surface area contributed by atoms with Gasteiger partial charge >= 0.3 is 0 Å². The van der Waals surface area contributed by atoms with E-state index in [0.717, 1.165) is 5.56 Å². The zero-order valence-corrected chi connectivity index (χ0v) is 12.5. The van der Waals surface area contributed by atoms with Crippen molar-refractivity contribution in [3.8, 4) is 0 Å². The van der Waals surface area contributed by atoms with E-state index in [9.17, 15) is 10.1 Å². The van der Waals surface area contributed by atoms with E-state index < -0.39 is 4.92 Å². The SMILES string of the molecule is Nc1cc(N)nc(SCc2cccc([N+](=O)[O-])c2Br)n1. The Balaban J connectivity index is 2.19. The maximum atomic E-state index is 10.8. The molecule has 4 N–H and O–H groups in total. The van der Waals surface area contributed by atoms with Crippen molar-refractivity contribution in [3.63, 3.8) is 0 Å². The van der Waals surface area contributed by atoms with Gasteiger partial charge in [-0.1, -0.05) is 23.9 Å². The predicted octanol–water partition coefficient (Wildman–Crippen LogP) is 2.60. The monoisotopic (exact) mass is 355 g/mol. The van der Waals surface area contributed by atoms with E-state index >= 15 is 0 Å². The number of rotatable bonds is 4. The third kappa shape index (κ3) is 3.36. The van der Waals surface area contributed by atoms with Gasteiger partial charge in [0.2, 0.25) is 0 Å². The number of anilines is 2. The number of hydrogen-bond acceptors (Lipinski definition) is 7. The summed E-state index contributed by atoms with van der Waals surface area (Å²) in [5.41, 5.74) is 12.0. The van der Waals surface area contributed by atoms with Crippen LogP contribution in [0.3, 0.4) is 0 Å². The number of aromatic nitrogens is 2. The van der Waals surface area contributed by atoms with Gasteiger partial charge in [0.25, 0.3) is 5.69 Å². The van der Waals surface area contributed by atoms with Crippen LogP contribution in [0.4, 0.5) is 17.3 Å². The molecule has 1 aromatic heterocycles. The number of hydrogen-bond donors (Lipinski definition) is 2. The lowest BCUT2D eigenvalue weighted by molar-refractivity contribution is -0.385. The molecule has 0 saturated heterocycles. The molecule has 1 heterocycles. The number of nitrogens with two attached hydrogens (primary N) is 2. The van der Waals surface area contributed by atoms with Crippen LogP contribution in [0.5, 0.6) is 0 Å². The Morgan fingerprint density at radius 1 is 1.30 bits per heavy atom. The third-order valence-electron chi connectivity index (χ3n) is 2.36. The van der Waals surface area contributed by atoms with Crippen LogP contribution in [0, 0.1) is 10.1 Å². The van der Waals surface area contributed by atoms with Gasteiger partial charge in [-0.2, -0.15) is 0 Å². The van der Waals surface area contributed by atoms with Crippen LogP contribution < -0.4 is 11.5 Å². The van der Waals surface area contributed by atoms with E-state index in [1.54, 1.807) is 12.1 Å². The highest BCUT2D eigenvalue weighted by molar-refractivity contribution is 9.10. The Bertz CT molecular complexity index is 647. The molecule has 0 bridgehead atoms. The molecule has 2 aromatic rings. The summed E-state index contributed by atoms with van der Waals surface area (Å²) in [7, 11) is 0. The Kier molecular flexibility index (Phi) is 4.40. The summed E-state index contributed by atoms with van der Waals surface area (Å²) in [5, 5.41) is 11.3. The summed E-state index contributed by atoms with van der Waals surface area (Å²) in [6, 6.07) is 6.33. The molecular formula is C11H10BrN5O2S. The quantitative estimate of drug-likeness (QED) is 0.374. The van der Waals surface area contributed by atoms with Gasteiger partial charge in [-0.15, -0.1) is 0 Å². The smallest absolute Gasteiger partial charge is 0.283 e. The summed E-state index contributed by atoms with van der Waals surface area (Å²) in [4.78, 5) is 18.5. The van der Waals surface area contributed by atoms with Gasteiger partial charge in [0.05, 0.1) is 9.40 Å². The summed E-state index contributed by atoms with van der Waals surface area (Å²) in [6.45, 7) is 0. The Morgan fingerprint density at radius 2 is 1.95 bits per heavy atom. The first-order chi connectivity index (χ1) is 9.47. The van der Waals surface area contributed by atoms with Crippen LogP contribution in [-0.2, 0) is 5.75 Å². The third-order valence-corrected chi connectivity index (χ3v) is 4.17. The van der Waals surface area contributed by atoms with Gasteiger partial charge in [0, 0.05) is 17.9 Å². The molecule has 0 aliphatic heterocycles. The highest BCUT2D eigenvalue weighted by Crippen LogP contribution is 2.32. The fourth-order valence-corrected chi connectivity index (χ4v) is 3.09. The zero-order chi connectivity index (χ0) is 14.7. The highest BCUT2D eigenvalue weighted by Gasteiger charge is 2.15. The number of benzene rings is 1. The minimum atomic E-state index is -0.437. The number of thioether (sulfide) groups is 1. The minimum absolute atomic E-state index is 0.0242. The second-order valence-corrected chi connectivity index (χ2v) is 5.53. The van der Waals surface area contributed by atoms with E-state index in [1.165, 1.54) is 23.9 Å². The van der Waals surface area contributed by atoms with Gasteiger partial charge in [0.1, 0.15) is 11.6 Å². The van der Waals surface area contributed by atoms with Crippen molar-refractivity contribution in [2.75, 3.05) is 11.5 Å². The van der Waals surface area contributed by atoms with Gasteiger partial charge in [0.15, 0.2) is 5.16 Å². The van der Waals surface area contributed by atoms with E-state index in [4.69, 9.17) is 11.5 Å². The topological polar surface area (TPSA) is 121 Å².